The van der Waals surface area contributed by atoms with Crippen LogP contribution >= 0.6 is 0 Å². The Morgan fingerprint density at radius 1 is 1.05 bits per heavy atom. The summed E-state index contributed by atoms with van der Waals surface area (Å²) in [7, 11) is 1.64. The van der Waals surface area contributed by atoms with Crippen LogP contribution in [0.3, 0.4) is 0 Å². The van der Waals surface area contributed by atoms with E-state index in [0.717, 1.165) is 23.3 Å². The van der Waals surface area contributed by atoms with Crippen molar-refractivity contribution in [1.29, 1.82) is 0 Å². The number of rotatable bonds is 6. The Hall–Kier alpha value is -2.33. The summed E-state index contributed by atoms with van der Waals surface area (Å²) in [5, 5.41) is 11.8. The molecule has 0 saturated heterocycles. The molecule has 1 amide bonds. The number of hydrogen-bond donors (Lipinski definition) is 2. The third-order valence-corrected chi connectivity index (χ3v) is 3.26. The Balaban J connectivity index is 1.82. The van der Waals surface area contributed by atoms with Crippen molar-refractivity contribution in [2.45, 2.75) is 13.0 Å². The third-order valence-electron chi connectivity index (χ3n) is 3.26. The lowest BCUT2D eigenvalue weighted by Crippen LogP contribution is -2.25. The van der Waals surface area contributed by atoms with Crippen LogP contribution in [0.25, 0.3) is 0 Å². The molecule has 110 valence electrons. The molecule has 0 aliphatic rings. The third kappa shape index (κ3) is 4.33. The summed E-state index contributed by atoms with van der Waals surface area (Å²) in [6.45, 7) is 0.562. The molecule has 0 aliphatic heterocycles. The Morgan fingerprint density at radius 3 is 2.24 bits per heavy atom. The summed E-state index contributed by atoms with van der Waals surface area (Å²) >= 11 is 0. The van der Waals surface area contributed by atoms with Gasteiger partial charge in [-0.3, -0.25) is 4.79 Å². The van der Waals surface area contributed by atoms with E-state index in [9.17, 15) is 4.79 Å². The molecule has 2 rings (SSSR count). The summed E-state index contributed by atoms with van der Waals surface area (Å²) < 4.78 is 5.10. The summed E-state index contributed by atoms with van der Waals surface area (Å²) in [6.07, 6.45) is 0.768. The largest absolute Gasteiger partial charge is 0.497 e. The van der Waals surface area contributed by atoms with Crippen LogP contribution in [0.5, 0.6) is 5.75 Å². The fraction of sp³-hybridized carbons (Fsp3) is 0.235. The average Bonchev–Trinajstić information content (AvgIpc) is 2.55. The lowest BCUT2D eigenvalue weighted by molar-refractivity contribution is 0.0954. The fourth-order valence-corrected chi connectivity index (χ4v) is 1.98. The number of methoxy groups -OCH3 is 1. The molecular weight excluding hydrogens is 266 g/mol. The molecule has 0 atom stereocenters. The molecule has 4 nitrogen and oxygen atoms in total. The molecule has 0 fully saturated rings. The van der Waals surface area contributed by atoms with Gasteiger partial charge in [0, 0.05) is 12.1 Å². The van der Waals surface area contributed by atoms with Crippen LogP contribution in [0.4, 0.5) is 0 Å². The van der Waals surface area contributed by atoms with E-state index in [2.05, 4.69) is 5.32 Å². The second-order valence-corrected chi connectivity index (χ2v) is 4.71. The molecule has 21 heavy (non-hydrogen) atoms. The highest BCUT2D eigenvalue weighted by molar-refractivity contribution is 5.94. The number of carbonyl (C=O) groups excluding carboxylic acids is 1. The van der Waals surface area contributed by atoms with Gasteiger partial charge in [-0.1, -0.05) is 24.3 Å². The molecule has 2 aromatic carbocycles. The summed E-state index contributed by atoms with van der Waals surface area (Å²) in [4.78, 5) is 11.9. The van der Waals surface area contributed by atoms with Crippen molar-refractivity contribution in [3.8, 4) is 5.75 Å². The zero-order chi connectivity index (χ0) is 15.1. The first-order valence-corrected chi connectivity index (χ1v) is 6.84. The minimum Gasteiger partial charge on any atom is -0.497 e. The van der Waals surface area contributed by atoms with E-state index >= 15 is 0 Å². The van der Waals surface area contributed by atoms with Crippen molar-refractivity contribution >= 4 is 5.91 Å². The minimum atomic E-state index is -0.104. The first kappa shape index (κ1) is 15.1. The fourth-order valence-electron chi connectivity index (χ4n) is 1.98. The van der Waals surface area contributed by atoms with Gasteiger partial charge in [0.2, 0.25) is 0 Å². The van der Waals surface area contributed by atoms with Crippen molar-refractivity contribution in [3.05, 3.63) is 65.2 Å². The van der Waals surface area contributed by atoms with Gasteiger partial charge in [-0.2, -0.15) is 0 Å². The maximum Gasteiger partial charge on any atom is 0.251 e. The zero-order valence-electron chi connectivity index (χ0n) is 12.0. The highest BCUT2D eigenvalue weighted by Crippen LogP contribution is 2.11. The van der Waals surface area contributed by atoms with E-state index in [0.29, 0.717) is 12.1 Å². The van der Waals surface area contributed by atoms with Crippen LogP contribution in [0, 0.1) is 0 Å². The normalized spacial score (nSPS) is 10.2. The molecule has 0 spiro atoms. The predicted molar refractivity (Wildman–Crippen MR) is 81.4 cm³/mol. The molecule has 0 aromatic heterocycles. The lowest BCUT2D eigenvalue weighted by atomic mass is 10.1. The number of aliphatic hydroxyl groups is 1. The molecule has 0 radical (unpaired) electrons. The molecule has 0 saturated carbocycles. The van der Waals surface area contributed by atoms with Crippen LogP contribution in [-0.2, 0) is 13.0 Å². The average molecular weight is 285 g/mol. The van der Waals surface area contributed by atoms with Crippen LogP contribution in [0.15, 0.2) is 48.5 Å². The Labute approximate surface area is 124 Å². The molecule has 2 aromatic rings. The van der Waals surface area contributed by atoms with E-state index in [1.54, 1.807) is 31.4 Å². The SMILES string of the molecule is COc1ccc(CCNC(=O)c2ccc(CO)cc2)cc1. The van der Waals surface area contributed by atoms with E-state index in [-0.39, 0.29) is 12.5 Å². The summed E-state index contributed by atoms with van der Waals surface area (Å²) in [6, 6.07) is 14.7. The highest BCUT2D eigenvalue weighted by atomic mass is 16.5. The molecule has 0 bridgehead atoms. The van der Waals surface area contributed by atoms with Gasteiger partial charge < -0.3 is 15.2 Å². The van der Waals surface area contributed by atoms with Gasteiger partial charge >= 0.3 is 0 Å². The van der Waals surface area contributed by atoms with Crippen molar-refractivity contribution in [2.24, 2.45) is 0 Å². The standard InChI is InChI=1S/C17H19NO3/c1-21-16-8-4-13(5-9-16)10-11-18-17(20)15-6-2-14(12-19)3-7-15/h2-9,19H,10-12H2,1H3,(H,18,20). The van der Waals surface area contributed by atoms with Gasteiger partial charge in [0.05, 0.1) is 13.7 Å². The number of hydrogen-bond acceptors (Lipinski definition) is 3. The Morgan fingerprint density at radius 2 is 1.67 bits per heavy atom. The zero-order valence-corrected chi connectivity index (χ0v) is 12.0. The van der Waals surface area contributed by atoms with E-state index in [4.69, 9.17) is 9.84 Å². The van der Waals surface area contributed by atoms with E-state index < -0.39 is 0 Å². The lowest BCUT2D eigenvalue weighted by Gasteiger charge is -2.07. The number of benzene rings is 2. The number of amides is 1. The Kier molecular flexibility index (Phi) is 5.35. The molecule has 4 heteroatoms. The van der Waals surface area contributed by atoms with E-state index in [1.165, 1.54) is 0 Å². The topological polar surface area (TPSA) is 58.6 Å². The van der Waals surface area contributed by atoms with Crippen molar-refractivity contribution in [2.75, 3.05) is 13.7 Å². The van der Waals surface area contributed by atoms with Gasteiger partial charge in [0.15, 0.2) is 0 Å². The summed E-state index contributed by atoms with van der Waals surface area (Å²) in [5.74, 6) is 0.722. The smallest absolute Gasteiger partial charge is 0.251 e. The minimum absolute atomic E-state index is 0.0145. The number of nitrogens with one attached hydrogen (secondary N) is 1. The van der Waals surface area contributed by atoms with Gasteiger partial charge in [0.25, 0.3) is 5.91 Å². The van der Waals surface area contributed by atoms with Crippen LogP contribution in [0.2, 0.25) is 0 Å². The molecule has 0 unspecified atom stereocenters. The summed E-state index contributed by atoms with van der Waals surface area (Å²) in [5.41, 5.74) is 2.54. The van der Waals surface area contributed by atoms with Crippen molar-refractivity contribution < 1.29 is 14.6 Å². The molecule has 2 N–H and O–H groups in total. The Bertz CT molecular complexity index is 576. The van der Waals surface area contributed by atoms with Gasteiger partial charge in [-0.15, -0.1) is 0 Å². The van der Waals surface area contributed by atoms with Crippen molar-refractivity contribution in [3.63, 3.8) is 0 Å². The van der Waals surface area contributed by atoms with Gasteiger partial charge in [-0.05, 0) is 41.8 Å². The maximum absolute atomic E-state index is 11.9. The first-order chi connectivity index (χ1) is 10.2. The number of carbonyl (C=O) groups is 1. The molecule has 0 aliphatic carbocycles. The van der Waals surface area contributed by atoms with Crippen LogP contribution in [0.1, 0.15) is 21.5 Å². The van der Waals surface area contributed by atoms with Crippen molar-refractivity contribution in [1.82, 2.24) is 5.32 Å². The van der Waals surface area contributed by atoms with Crippen LogP contribution in [-0.4, -0.2) is 24.7 Å². The predicted octanol–water partition coefficient (Wildman–Crippen LogP) is 2.16. The van der Waals surface area contributed by atoms with Gasteiger partial charge in [-0.25, -0.2) is 0 Å². The van der Waals surface area contributed by atoms with Crippen LogP contribution < -0.4 is 10.1 Å². The maximum atomic E-state index is 11.9. The second kappa shape index (κ2) is 7.45. The number of ether oxygens (including phenoxy) is 1. The molecule has 0 heterocycles. The molecular formula is C17H19NO3. The number of aliphatic hydroxyl groups excluding tert-OH is 1. The van der Waals surface area contributed by atoms with Gasteiger partial charge in [0.1, 0.15) is 5.75 Å². The van der Waals surface area contributed by atoms with E-state index in [1.807, 2.05) is 24.3 Å². The second-order valence-electron chi connectivity index (χ2n) is 4.71. The first-order valence-electron chi connectivity index (χ1n) is 6.84. The monoisotopic (exact) mass is 285 g/mol. The quantitative estimate of drug-likeness (QED) is 0.855. The highest BCUT2D eigenvalue weighted by Gasteiger charge is 2.04.